The molecule has 0 saturated carbocycles. The third kappa shape index (κ3) is 3.77. The minimum atomic E-state index is -0.366. The Labute approximate surface area is 149 Å². The topological polar surface area (TPSA) is 59.6 Å². The fraction of sp³-hybridized carbons (Fsp3) is 0.176. The number of fused-ring (bicyclic) bond motifs is 1. The summed E-state index contributed by atoms with van der Waals surface area (Å²) in [5.74, 6) is 0.963. The van der Waals surface area contributed by atoms with Crippen molar-refractivity contribution in [2.75, 3.05) is 18.5 Å². The Morgan fingerprint density at radius 1 is 1.12 bits per heavy atom. The molecule has 1 amide bonds. The zero-order valence-electron chi connectivity index (χ0n) is 12.9. The average Bonchev–Trinajstić information content (AvgIpc) is 2.54. The first-order valence-electron chi connectivity index (χ1n) is 7.31. The van der Waals surface area contributed by atoms with Gasteiger partial charge in [-0.05, 0) is 49.0 Å². The normalized spacial score (nSPS) is 12.4. The number of halogens is 1. The van der Waals surface area contributed by atoms with Crippen LogP contribution < -0.4 is 20.1 Å². The van der Waals surface area contributed by atoms with E-state index in [1.54, 1.807) is 30.3 Å². The fourth-order valence-electron chi connectivity index (χ4n) is 2.26. The van der Waals surface area contributed by atoms with Crippen molar-refractivity contribution in [2.45, 2.75) is 6.92 Å². The van der Waals surface area contributed by atoms with Gasteiger partial charge in [-0.25, -0.2) is 0 Å². The lowest BCUT2D eigenvalue weighted by molar-refractivity contribution is 0.0978. The number of thiocarbonyl (C=S) groups is 1. The molecule has 0 radical (unpaired) electrons. The molecule has 24 heavy (non-hydrogen) atoms. The first kappa shape index (κ1) is 16.5. The van der Waals surface area contributed by atoms with Crippen molar-refractivity contribution >= 4 is 40.5 Å². The van der Waals surface area contributed by atoms with E-state index >= 15 is 0 Å². The number of amides is 1. The Bertz CT molecular complexity index is 810. The number of rotatable bonds is 2. The highest BCUT2D eigenvalue weighted by molar-refractivity contribution is 7.80. The van der Waals surface area contributed by atoms with E-state index in [-0.39, 0.29) is 11.0 Å². The summed E-state index contributed by atoms with van der Waals surface area (Å²) in [7, 11) is 0. The smallest absolute Gasteiger partial charge is 0.258 e. The number of anilines is 1. The SMILES string of the molecule is Cc1ccc(C(=O)NC(=S)Nc2ccc3c(c2)OCCO3)c(Cl)c1. The molecule has 0 aliphatic carbocycles. The molecule has 0 bridgehead atoms. The molecule has 1 heterocycles. The molecule has 2 aromatic carbocycles. The van der Waals surface area contributed by atoms with Gasteiger partial charge in [0.2, 0.25) is 0 Å². The molecular weight excluding hydrogens is 348 g/mol. The Hall–Kier alpha value is -2.31. The molecule has 2 N–H and O–H groups in total. The Morgan fingerprint density at radius 2 is 1.88 bits per heavy atom. The number of carbonyl (C=O) groups is 1. The minimum Gasteiger partial charge on any atom is -0.486 e. The summed E-state index contributed by atoms with van der Waals surface area (Å²) in [6.07, 6.45) is 0. The molecule has 0 unspecified atom stereocenters. The van der Waals surface area contributed by atoms with Gasteiger partial charge in [-0.2, -0.15) is 0 Å². The van der Waals surface area contributed by atoms with Crippen LogP contribution in [0.1, 0.15) is 15.9 Å². The number of nitrogens with one attached hydrogen (secondary N) is 2. The van der Waals surface area contributed by atoms with Crippen molar-refractivity contribution in [1.82, 2.24) is 5.32 Å². The summed E-state index contributed by atoms with van der Waals surface area (Å²) in [5, 5.41) is 6.11. The van der Waals surface area contributed by atoms with Crippen LogP contribution in [0.5, 0.6) is 11.5 Å². The van der Waals surface area contributed by atoms with E-state index in [1.807, 2.05) is 13.0 Å². The third-order valence-electron chi connectivity index (χ3n) is 3.40. The highest BCUT2D eigenvalue weighted by Crippen LogP contribution is 2.32. The maximum Gasteiger partial charge on any atom is 0.258 e. The molecule has 124 valence electrons. The molecule has 0 atom stereocenters. The Morgan fingerprint density at radius 3 is 2.62 bits per heavy atom. The highest BCUT2D eigenvalue weighted by Gasteiger charge is 2.14. The number of hydrogen-bond donors (Lipinski definition) is 2. The van der Waals surface area contributed by atoms with Gasteiger partial charge in [-0.1, -0.05) is 17.7 Å². The van der Waals surface area contributed by atoms with E-state index in [2.05, 4.69) is 10.6 Å². The lowest BCUT2D eigenvalue weighted by Crippen LogP contribution is -2.34. The van der Waals surface area contributed by atoms with Gasteiger partial charge in [0.15, 0.2) is 16.6 Å². The van der Waals surface area contributed by atoms with Gasteiger partial charge in [0, 0.05) is 11.8 Å². The van der Waals surface area contributed by atoms with E-state index in [0.717, 1.165) is 5.56 Å². The molecule has 0 fully saturated rings. The van der Waals surface area contributed by atoms with Crippen molar-refractivity contribution in [1.29, 1.82) is 0 Å². The van der Waals surface area contributed by atoms with E-state index in [0.29, 0.717) is 41.0 Å². The van der Waals surface area contributed by atoms with Gasteiger partial charge in [0.25, 0.3) is 5.91 Å². The van der Waals surface area contributed by atoms with E-state index < -0.39 is 0 Å². The highest BCUT2D eigenvalue weighted by atomic mass is 35.5. The second-order valence-electron chi connectivity index (χ2n) is 5.25. The lowest BCUT2D eigenvalue weighted by atomic mass is 10.1. The van der Waals surface area contributed by atoms with Crippen LogP contribution in [-0.4, -0.2) is 24.2 Å². The van der Waals surface area contributed by atoms with Gasteiger partial charge in [0.05, 0.1) is 10.6 Å². The second kappa shape index (κ2) is 7.07. The van der Waals surface area contributed by atoms with Gasteiger partial charge in [0.1, 0.15) is 13.2 Å². The van der Waals surface area contributed by atoms with Crippen molar-refractivity contribution in [2.24, 2.45) is 0 Å². The summed E-state index contributed by atoms with van der Waals surface area (Å²) in [5.41, 5.74) is 2.04. The van der Waals surface area contributed by atoms with Gasteiger partial charge >= 0.3 is 0 Å². The van der Waals surface area contributed by atoms with Crippen LogP contribution in [-0.2, 0) is 0 Å². The number of ether oxygens (including phenoxy) is 2. The lowest BCUT2D eigenvalue weighted by Gasteiger charge is -2.19. The van der Waals surface area contributed by atoms with Crippen molar-refractivity contribution in [3.05, 3.63) is 52.5 Å². The summed E-state index contributed by atoms with van der Waals surface area (Å²) in [6, 6.07) is 10.6. The molecule has 0 spiro atoms. The van der Waals surface area contributed by atoms with Crippen LogP contribution >= 0.6 is 23.8 Å². The van der Waals surface area contributed by atoms with Crippen LogP contribution in [0, 0.1) is 6.92 Å². The summed E-state index contributed by atoms with van der Waals surface area (Å²) >= 11 is 11.3. The number of aryl methyl sites for hydroxylation is 1. The Kier molecular flexibility index (Phi) is 4.87. The Balaban J connectivity index is 1.66. The number of benzene rings is 2. The van der Waals surface area contributed by atoms with Crippen molar-refractivity contribution in [3.63, 3.8) is 0 Å². The predicted octanol–water partition coefficient (Wildman–Crippen LogP) is 3.55. The maximum atomic E-state index is 12.2. The maximum absolute atomic E-state index is 12.2. The van der Waals surface area contributed by atoms with Crippen LogP contribution in [0.25, 0.3) is 0 Å². The zero-order valence-corrected chi connectivity index (χ0v) is 14.5. The van der Waals surface area contributed by atoms with E-state index in [9.17, 15) is 4.79 Å². The number of hydrogen-bond acceptors (Lipinski definition) is 4. The first-order chi connectivity index (χ1) is 11.5. The molecule has 2 aromatic rings. The minimum absolute atomic E-state index is 0.174. The third-order valence-corrected chi connectivity index (χ3v) is 3.91. The summed E-state index contributed by atoms with van der Waals surface area (Å²) in [4.78, 5) is 12.2. The average molecular weight is 363 g/mol. The molecule has 1 aliphatic heterocycles. The van der Waals surface area contributed by atoms with E-state index in [4.69, 9.17) is 33.3 Å². The first-order valence-corrected chi connectivity index (χ1v) is 8.10. The monoisotopic (exact) mass is 362 g/mol. The number of carbonyl (C=O) groups excluding carboxylic acids is 1. The zero-order chi connectivity index (χ0) is 17.1. The van der Waals surface area contributed by atoms with Crippen molar-refractivity contribution < 1.29 is 14.3 Å². The molecule has 0 saturated heterocycles. The van der Waals surface area contributed by atoms with Crippen LogP contribution in [0.2, 0.25) is 5.02 Å². The standard InChI is InChI=1S/C17H15ClN2O3S/c1-10-2-4-12(13(18)8-10)16(21)20-17(24)19-11-3-5-14-15(9-11)23-7-6-22-14/h2-5,8-9H,6-7H2,1H3,(H2,19,20,21,24). The van der Waals surface area contributed by atoms with Crippen LogP contribution in [0.3, 0.4) is 0 Å². The van der Waals surface area contributed by atoms with Gasteiger partial charge in [-0.3, -0.25) is 10.1 Å². The molecular formula is C17H15ClN2O3S. The molecule has 5 nitrogen and oxygen atoms in total. The van der Waals surface area contributed by atoms with Crippen LogP contribution in [0.15, 0.2) is 36.4 Å². The quantitative estimate of drug-likeness (QED) is 0.800. The van der Waals surface area contributed by atoms with Crippen molar-refractivity contribution in [3.8, 4) is 11.5 Å². The molecule has 7 heteroatoms. The van der Waals surface area contributed by atoms with Gasteiger partial charge < -0.3 is 14.8 Å². The van der Waals surface area contributed by atoms with Gasteiger partial charge in [-0.15, -0.1) is 0 Å². The summed E-state index contributed by atoms with van der Waals surface area (Å²) in [6.45, 7) is 2.94. The van der Waals surface area contributed by atoms with E-state index in [1.165, 1.54) is 0 Å². The fourth-order valence-corrected chi connectivity index (χ4v) is 2.79. The second-order valence-corrected chi connectivity index (χ2v) is 6.07. The predicted molar refractivity (Wildman–Crippen MR) is 97.3 cm³/mol. The molecule has 1 aliphatic rings. The largest absolute Gasteiger partial charge is 0.486 e. The molecule has 0 aromatic heterocycles. The van der Waals surface area contributed by atoms with Crippen LogP contribution in [0.4, 0.5) is 5.69 Å². The summed E-state index contributed by atoms with van der Waals surface area (Å²) < 4.78 is 11.0. The molecule has 3 rings (SSSR count).